The standard InChI is InChI=1S/C18H22N2.C9H12O2.C7H14.C2H2/c1-13-10-11-17(14(2)19-4)12-18(13)20-15(3)16-8-6-5-7-9-16;1-9(2)5-3-7(4-6-9)8(10)11;1-7-5-3-2-4-6-7;1-2/h6,8-12H,5,7H2,1-4H3;3-5H,6H2,1-2H3,(H,10,11);7H,2-6H2,1H3;1-2H. The van der Waals surface area contributed by atoms with Gasteiger partial charge in [0, 0.05) is 18.5 Å². The fraction of sp³-hybridized carbons (Fsp3) is 0.472. The van der Waals surface area contributed by atoms with E-state index in [1.54, 1.807) is 12.2 Å². The fourth-order valence-electron chi connectivity index (χ4n) is 4.50. The van der Waals surface area contributed by atoms with Crippen molar-refractivity contribution in [2.75, 3.05) is 7.05 Å². The fourth-order valence-corrected chi connectivity index (χ4v) is 4.50. The van der Waals surface area contributed by atoms with E-state index < -0.39 is 5.97 Å². The van der Waals surface area contributed by atoms with Crippen LogP contribution >= 0.6 is 0 Å². The van der Waals surface area contributed by atoms with Crippen LogP contribution in [0.25, 0.3) is 0 Å². The first-order chi connectivity index (χ1) is 19.0. The maximum Gasteiger partial charge on any atom is 0.335 e. The molecule has 1 aromatic rings. The highest BCUT2D eigenvalue weighted by molar-refractivity contribution is 6.03. The number of hydrogen-bond acceptors (Lipinski definition) is 3. The van der Waals surface area contributed by atoms with Crippen molar-refractivity contribution in [2.24, 2.45) is 21.3 Å². The van der Waals surface area contributed by atoms with Gasteiger partial charge in [0.05, 0.1) is 11.3 Å². The van der Waals surface area contributed by atoms with Crippen molar-refractivity contribution in [3.63, 3.8) is 0 Å². The Balaban J connectivity index is 0.000000334. The molecule has 3 aliphatic carbocycles. The molecule has 0 heterocycles. The van der Waals surface area contributed by atoms with E-state index in [9.17, 15) is 4.79 Å². The number of aryl methyl sites for hydroxylation is 1. The van der Waals surface area contributed by atoms with Gasteiger partial charge in [-0.1, -0.05) is 101 Å². The molecule has 40 heavy (non-hydrogen) atoms. The number of carboxylic acid groups (broad SMARTS) is 1. The first-order valence-electron chi connectivity index (χ1n) is 14.4. The molecule has 0 aliphatic heterocycles. The van der Waals surface area contributed by atoms with Gasteiger partial charge in [-0.15, -0.1) is 12.8 Å². The van der Waals surface area contributed by atoms with Crippen LogP contribution in [0.1, 0.15) is 97.1 Å². The Bertz CT molecular complexity index is 1170. The molecule has 1 saturated carbocycles. The maximum atomic E-state index is 10.4. The zero-order valence-corrected chi connectivity index (χ0v) is 25.8. The monoisotopic (exact) mass is 542 g/mol. The normalized spacial score (nSPS) is 18.4. The number of carbonyl (C=O) groups is 1. The van der Waals surface area contributed by atoms with Gasteiger partial charge in [0.2, 0.25) is 0 Å². The molecule has 1 aromatic carbocycles. The molecule has 0 amide bonds. The molecule has 0 spiro atoms. The Morgan fingerprint density at radius 3 is 2.12 bits per heavy atom. The van der Waals surface area contributed by atoms with E-state index in [1.165, 1.54) is 43.2 Å². The van der Waals surface area contributed by atoms with Gasteiger partial charge in [-0.2, -0.15) is 0 Å². The third-order valence-corrected chi connectivity index (χ3v) is 7.37. The van der Waals surface area contributed by atoms with Gasteiger partial charge in [-0.3, -0.25) is 9.98 Å². The van der Waals surface area contributed by atoms with Gasteiger partial charge in [0.25, 0.3) is 0 Å². The average molecular weight is 543 g/mol. The molecule has 1 N–H and O–H groups in total. The lowest BCUT2D eigenvalue weighted by Crippen LogP contribution is -2.11. The molecule has 3 aliphatic rings. The van der Waals surface area contributed by atoms with E-state index in [0.717, 1.165) is 47.9 Å². The third-order valence-electron chi connectivity index (χ3n) is 7.37. The van der Waals surface area contributed by atoms with Crippen molar-refractivity contribution in [3.8, 4) is 12.8 Å². The minimum absolute atomic E-state index is 0.124. The van der Waals surface area contributed by atoms with Crippen LogP contribution < -0.4 is 0 Å². The zero-order chi connectivity index (χ0) is 30.1. The summed E-state index contributed by atoms with van der Waals surface area (Å²) in [5, 5.41) is 8.59. The molecule has 0 aromatic heterocycles. The van der Waals surface area contributed by atoms with E-state index in [0.29, 0.717) is 5.57 Å². The van der Waals surface area contributed by atoms with Crippen molar-refractivity contribution in [2.45, 2.75) is 92.9 Å². The van der Waals surface area contributed by atoms with Crippen molar-refractivity contribution < 1.29 is 9.90 Å². The molecule has 0 atom stereocenters. The molecule has 0 bridgehead atoms. The average Bonchev–Trinajstić information content (AvgIpc) is 2.96. The third kappa shape index (κ3) is 12.6. The second-order valence-corrected chi connectivity index (χ2v) is 11.4. The highest BCUT2D eigenvalue weighted by Gasteiger charge is 2.18. The SMILES string of the molecule is C#C.CC1(C)C=CC(C(=O)O)=CC1.CC1CCCCC1.CN=C(C)c1ccc(C)c(N=C(C)C2=CCCC=C2)c1. The van der Waals surface area contributed by atoms with Crippen molar-refractivity contribution in [1.29, 1.82) is 0 Å². The van der Waals surface area contributed by atoms with Gasteiger partial charge in [0.1, 0.15) is 0 Å². The number of aliphatic carboxylic acids is 1. The highest BCUT2D eigenvalue weighted by atomic mass is 16.4. The number of rotatable bonds is 4. The smallest absolute Gasteiger partial charge is 0.335 e. The van der Waals surface area contributed by atoms with E-state index >= 15 is 0 Å². The van der Waals surface area contributed by atoms with E-state index in [4.69, 9.17) is 10.1 Å². The highest BCUT2D eigenvalue weighted by Crippen LogP contribution is 2.28. The number of terminal acetylenes is 1. The number of hydrogen-bond donors (Lipinski definition) is 1. The Hall–Kier alpha value is -3.45. The number of carboxylic acids is 1. The summed E-state index contributed by atoms with van der Waals surface area (Å²) in [7, 11) is 1.82. The number of nitrogens with zero attached hydrogens (tertiary/aromatic N) is 2. The summed E-state index contributed by atoms with van der Waals surface area (Å²) >= 11 is 0. The van der Waals surface area contributed by atoms with Crippen LogP contribution in [0.3, 0.4) is 0 Å². The van der Waals surface area contributed by atoms with Crippen LogP contribution in [0.2, 0.25) is 0 Å². The first-order valence-corrected chi connectivity index (χ1v) is 14.4. The van der Waals surface area contributed by atoms with Crippen molar-refractivity contribution in [3.05, 3.63) is 76.9 Å². The molecular weight excluding hydrogens is 492 g/mol. The molecule has 216 valence electrons. The van der Waals surface area contributed by atoms with E-state index in [-0.39, 0.29) is 5.41 Å². The predicted octanol–water partition coefficient (Wildman–Crippen LogP) is 9.62. The number of allylic oxidation sites excluding steroid dienone is 6. The molecular formula is C36H50N2O2. The summed E-state index contributed by atoms with van der Waals surface area (Å²) in [6, 6.07) is 6.33. The van der Waals surface area contributed by atoms with Gasteiger partial charge >= 0.3 is 5.97 Å². The van der Waals surface area contributed by atoms with Crippen LogP contribution in [0.15, 0.2) is 75.8 Å². The van der Waals surface area contributed by atoms with Gasteiger partial charge < -0.3 is 5.11 Å². The molecule has 4 heteroatoms. The predicted molar refractivity (Wildman–Crippen MR) is 174 cm³/mol. The summed E-state index contributed by atoms with van der Waals surface area (Å²) in [6.07, 6.45) is 30.5. The molecule has 0 unspecified atom stereocenters. The molecule has 0 saturated heterocycles. The first kappa shape index (κ1) is 34.6. The summed E-state index contributed by atoms with van der Waals surface area (Å²) in [5.41, 5.74) is 7.24. The molecule has 0 radical (unpaired) electrons. The quantitative estimate of drug-likeness (QED) is 0.304. The van der Waals surface area contributed by atoms with Crippen molar-refractivity contribution >= 4 is 23.1 Å². The second-order valence-electron chi connectivity index (χ2n) is 11.4. The largest absolute Gasteiger partial charge is 0.478 e. The number of benzene rings is 1. The van der Waals surface area contributed by atoms with Gasteiger partial charge in [0.15, 0.2) is 0 Å². The van der Waals surface area contributed by atoms with Crippen LogP contribution in [0.5, 0.6) is 0 Å². The van der Waals surface area contributed by atoms with E-state index in [1.807, 2.05) is 20.0 Å². The van der Waals surface area contributed by atoms with Gasteiger partial charge in [-0.05, 0) is 74.1 Å². The Morgan fingerprint density at radius 1 is 0.975 bits per heavy atom. The molecule has 4 nitrogen and oxygen atoms in total. The molecule has 1 fully saturated rings. The van der Waals surface area contributed by atoms with Crippen LogP contribution in [-0.4, -0.2) is 29.5 Å². The zero-order valence-electron chi connectivity index (χ0n) is 25.8. The summed E-state index contributed by atoms with van der Waals surface area (Å²) < 4.78 is 0. The maximum absolute atomic E-state index is 10.4. The Labute approximate surface area is 243 Å². The minimum atomic E-state index is -0.836. The van der Waals surface area contributed by atoms with Crippen molar-refractivity contribution in [1.82, 2.24) is 0 Å². The summed E-state index contributed by atoms with van der Waals surface area (Å²) in [4.78, 5) is 19.5. The lowest BCUT2D eigenvalue weighted by Gasteiger charge is -2.21. The second kappa shape index (κ2) is 18.0. The van der Waals surface area contributed by atoms with E-state index in [2.05, 4.69) is 88.9 Å². The van der Waals surface area contributed by atoms with Crippen LogP contribution in [0, 0.1) is 31.1 Å². The van der Waals surface area contributed by atoms with Gasteiger partial charge in [-0.25, -0.2) is 4.79 Å². The topological polar surface area (TPSA) is 62.0 Å². The number of aliphatic imine (C=N–C) groups is 2. The lowest BCUT2D eigenvalue weighted by atomic mass is 9.84. The Kier molecular flexibility index (Phi) is 15.6. The minimum Gasteiger partial charge on any atom is -0.478 e. The van der Waals surface area contributed by atoms with Crippen LogP contribution in [0.4, 0.5) is 5.69 Å². The van der Waals surface area contributed by atoms with Crippen LogP contribution in [-0.2, 0) is 4.79 Å². The lowest BCUT2D eigenvalue weighted by molar-refractivity contribution is -0.132. The summed E-state index contributed by atoms with van der Waals surface area (Å²) in [6.45, 7) is 12.7. The molecule has 4 rings (SSSR count). The Morgan fingerprint density at radius 2 is 1.65 bits per heavy atom. The summed E-state index contributed by atoms with van der Waals surface area (Å²) in [5.74, 6) is 0.200.